The number of esters is 1. The van der Waals surface area contributed by atoms with Crippen LogP contribution in [0.15, 0.2) is 54.6 Å². The maximum atomic E-state index is 12.4. The van der Waals surface area contributed by atoms with E-state index in [1.807, 2.05) is 19.1 Å². The number of ketones is 2. The third-order valence-corrected chi connectivity index (χ3v) is 3.83. The van der Waals surface area contributed by atoms with Gasteiger partial charge in [0.05, 0.1) is 13.0 Å². The topological polar surface area (TPSA) is 60.4 Å². The van der Waals surface area contributed by atoms with Crippen molar-refractivity contribution in [3.8, 4) is 0 Å². The first kappa shape index (κ1) is 17.6. The summed E-state index contributed by atoms with van der Waals surface area (Å²) >= 11 is 0. The van der Waals surface area contributed by atoms with Crippen LogP contribution in [0.5, 0.6) is 0 Å². The predicted octanol–water partition coefficient (Wildman–Crippen LogP) is 3.63. The molecule has 0 aliphatic carbocycles. The van der Waals surface area contributed by atoms with Crippen LogP contribution in [0.1, 0.15) is 39.1 Å². The van der Waals surface area contributed by atoms with Crippen LogP contribution in [0, 0.1) is 12.8 Å². The minimum absolute atomic E-state index is 0.0469. The van der Waals surface area contributed by atoms with Crippen molar-refractivity contribution in [1.82, 2.24) is 0 Å². The van der Waals surface area contributed by atoms with Crippen molar-refractivity contribution in [2.75, 3.05) is 7.11 Å². The van der Waals surface area contributed by atoms with Gasteiger partial charge < -0.3 is 4.74 Å². The Morgan fingerprint density at radius 1 is 0.875 bits per heavy atom. The van der Waals surface area contributed by atoms with Crippen molar-refractivity contribution in [2.45, 2.75) is 19.8 Å². The molecule has 1 atom stereocenters. The van der Waals surface area contributed by atoms with Gasteiger partial charge in [-0.1, -0.05) is 54.1 Å². The molecule has 0 N–H and O–H groups in total. The van der Waals surface area contributed by atoms with E-state index in [1.165, 1.54) is 7.11 Å². The van der Waals surface area contributed by atoms with E-state index in [0.717, 1.165) is 5.56 Å². The van der Waals surface area contributed by atoms with Gasteiger partial charge in [-0.15, -0.1) is 0 Å². The molecule has 1 unspecified atom stereocenters. The van der Waals surface area contributed by atoms with Gasteiger partial charge in [0, 0.05) is 24.0 Å². The highest BCUT2D eigenvalue weighted by molar-refractivity contribution is 6.01. The first-order valence-corrected chi connectivity index (χ1v) is 7.77. The fourth-order valence-electron chi connectivity index (χ4n) is 2.53. The highest BCUT2D eigenvalue weighted by atomic mass is 16.5. The summed E-state index contributed by atoms with van der Waals surface area (Å²) in [4.78, 5) is 36.7. The minimum atomic E-state index is -0.782. The van der Waals surface area contributed by atoms with Crippen molar-refractivity contribution in [1.29, 1.82) is 0 Å². The molecule has 0 bridgehead atoms. The van der Waals surface area contributed by atoms with Crippen LogP contribution in [-0.4, -0.2) is 24.6 Å². The molecule has 4 heteroatoms. The number of Topliss-reactive ketones (excluding diaryl/α,β-unsaturated/α-hetero) is 2. The molecule has 0 fully saturated rings. The van der Waals surface area contributed by atoms with Crippen LogP contribution in [0.2, 0.25) is 0 Å². The summed E-state index contributed by atoms with van der Waals surface area (Å²) in [6, 6.07) is 15.9. The molecule has 0 saturated carbocycles. The van der Waals surface area contributed by atoms with Gasteiger partial charge in [-0.3, -0.25) is 14.4 Å². The first-order valence-electron chi connectivity index (χ1n) is 7.77. The lowest BCUT2D eigenvalue weighted by atomic mass is 9.91. The second-order valence-electron chi connectivity index (χ2n) is 5.71. The normalized spacial score (nSPS) is 11.6. The molecule has 0 aromatic heterocycles. The molecule has 0 aliphatic heterocycles. The summed E-state index contributed by atoms with van der Waals surface area (Å²) in [5.41, 5.74) is 2.03. The highest BCUT2D eigenvalue weighted by Crippen LogP contribution is 2.19. The number of aryl methyl sites for hydroxylation is 1. The van der Waals surface area contributed by atoms with Crippen LogP contribution >= 0.6 is 0 Å². The van der Waals surface area contributed by atoms with Crippen molar-refractivity contribution in [3.63, 3.8) is 0 Å². The van der Waals surface area contributed by atoms with E-state index in [9.17, 15) is 14.4 Å². The number of rotatable bonds is 7. The van der Waals surface area contributed by atoms with E-state index in [4.69, 9.17) is 4.74 Å². The van der Waals surface area contributed by atoms with E-state index in [0.29, 0.717) is 11.1 Å². The fourth-order valence-corrected chi connectivity index (χ4v) is 2.53. The summed E-state index contributed by atoms with van der Waals surface area (Å²) in [6.07, 6.45) is -0.0943. The van der Waals surface area contributed by atoms with Crippen LogP contribution in [0.25, 0.3) is 0 Å². The summed E-state index contributed by atoms with van der Waals surface area (Å²) in [5.74, 6) is -1.67. The number of methoxy groups -OCH3 is 1. The molecule has 2 rings (SSSR count). The summed E-state index contributed by atoms with van der Waals surface area (Å²) < 4.78 is 4.77. The molecule has 4 nitrogen and oxygen atoms in total. The maximum Gasteiger partial charge on any atom is 0.309 e. The first-order chi connectivity index (χ1) is 11.5. The largest absolute Gasteiger partial charge is 0.469 e. The van der Waals surface area contributed by atoms with E-state index in [2.05, 4.69) is 0 Å². The van der Waals surface area contributed by atoms with Gasteiger partial charge in [0.2, 0.25) is 0 Å². The van der Waals surface area contributed by atoms with Crippen molar-refractivity contribution in [3.05, 3.63) is 71.3 Å². The summed E-state index contributed by atoms with van der Waals surface area (Å²) in [7, 11) is 1.26. The zero-order valence-corrected chi connectivity index (χ0v) is 13.8. The second-order valence-corrected chi connectivity index (χ2v) is 5.71. The molecular weight excluding hydrogens is 304 g/mol. The highest BCUT2D eigenvalue weighted by Gasteiger charge is 2.26. The Labute approximate surface area is 141 Å². The van der Waals surface area contributed by atoms with Gasteiger partial charge in [-0.05, 0) is 13.0 Å². The summed E-state index contributed by atoms with van der Waals surface area (Å²) in [5, 5.41) is 0. The number of carbonyl (C=O) groups excluding carboxylic acids is 3. The quantitative estimate of drug-likeness (QED) is 0.576. The van der Waals surface area contributed by atoms with Gasteiger partial charge in [0.25, 0.3) is 0 Å². The monoisotopic (exact) mass is 324 g/mol. The van der Waals surface area contributed by atoms with E-state index >= 15 is 0 Å². The molecule has 24 heavy (non-hydrogen) atoms. The molecule has 0 spiro atoms. The average Bonchev–Trinajstić information content (AvgIpc) is 2.61. The van der Waals surface area contributed by atoms with E-state index in [1.54, 1.807) is 42.5 Å². The van der Waals surface area contributed by atoms with E-state index < -0.39 is 11.9 Å². The number of ether oxygens (including phenoxy) is 1. The van der Waals surface area contributed by atoms with Gasteiger partial charge in [-0.2, -0.15) is 0 Å². The van der Waals surface area contributed by atoms with Crippen LogP contribution < -0.4 is 0 Å². The fraction of sp³-hybridized carbons (Fsp3) is 0.250. The number of carbonyl (C=O) groups is 3. The molecule has 0 amide bonds. The molecule has 2 aromatic rings. The Bertz CT molecular complexity index is 734. The van der Waals surface area contributed by atoms with Crippen molar-refractivity contribution in [2.24, 2.45) is 5.92 Å². The third kappa shape index (κ3) is 4.62. The Hall–Kier alpha value is -2.75. The third-order valence-electron chi connectivity index (χ3n) is 3.83. The number of benzene rings is 2. The van der Waals surface area contributed by atoms with Gasteiger partial charge in [-0.25, -0.2) is 0 Å². The smallest absolute Gasteiger partial charge is 0.309 e. The molecule has 124 valence electrons. The zero-order valence-electron chi connectivity index (χ0n) is 13.8. The predicted molar refractivity (Wildman–Crippen MR) is 91.0 cm³/mol. The second kappa shape index (κ2) is 8.20. The SMILES string of the molecule is COC(=O)C(CC(=O)c1ccccc1)CC(=O)c1cccc(C)c1. The van der Waals surface area contributed by atoms with Gasteiger partial charge in [0.15, 0.2) is 11.6 Å². The Morgan fingerprint density at radius 2 is 1.46 bits per heavy atom. The molecular formula is C20H20O4. The van der Waals surface area contributed by atoms with Crippen LogP contribution in [-0.2, 0) is 9.53 Å². The average molecular weight is 324 g/mol. The minimum Gasteiger partial charge on any atom is -0.469 e. The number of hydrogen-bond acceptors (Lipinski definition) is 4. The van der Waals surface area contributed by atoms with Crippen molar-refractivity contribution >= 4 is 17.5 Å². The standard InChI is InChI=1S/C20H20O4/c1-14-7-6-10-16(11-14)19(22)13-17(20(23)24-2)12-18(21)15-8-4-3-5-9-15/h3-11,17H,12-13H2,1-2H3. The molecule has 2 aromatic carbocycles. The lowest BCUT2D eigenvalue weighted by Crippen LogP contribution is -2.23. The molecule has 0 aliphatic rings. The lowest BCUT2D eigenvalue weighted by Gasteiger charge is -2.13. The Kier molecular flexibility index (Phi) is 6.01. The lowest BCUT2D eigenvalue weighted by molar-refractivity contribution is -0.145. The van der Waals surface area contributed by atoms with Crippen LogP contribution in [0.3, 0.4) is 0 Å². The Morgan fingerprint density at radius 3 is 2.04 bits per heavy atom. The van der Waals surface area contributed by atoms with Gasteiger partial charge >= 0.3 is 5.97 Å². The number of hydrogen-bond donors (Lipinski definition) is 0. The zero-order chi connectivity index (χ0) is 17.5. The molecule has 0 radical (unpaired) electrons. The molecule has 0 saturated heterocycles. The van der Waals surface area contributed by atoms with E-state index in [-0.39, 0.29) is 24.4 Å². The molecule has 0 heterocycles. The van der Waals surface area contributed by atoms with Crippen LogP contribution in [0.4, 0.5) is 0 Å². The van der Waals surface area contributed by atoms with Crippen molar-refractivity contribution < 1.29 is 19.1 Å². The van der Waals surface area contributed by atoms with Gasteiger partial charge in [0.1, 0.15) is 0 Å². The Balaban J connectivity index is 2.12. The maximum absolute atomic E-state index is 12.4. The summed E-state index contributed by atoms with van der Waals surface area (Å²) in [6.45, 7) is 1.90.